The number of rotatable bonds is 6. The summed E-state index contributed by atoms with van der Waals surface area (Å²) >= 11 is 0. The van der Waals surface area contributed by atoms with Gasteiger partial charge in [0.05, 0.1) is 13.2 Å². The van der Waals surface area contributed by atoms with Gasteiger partial charge in [0, 0.05) is 31.5 Å². The predicted molar refractivity (Wildman–Crippen MR) is 60.5 cm³/mol. The molecule has 0 aromatic carbocycles. The summed E-state index contributed by atoms with van der Waals surface area (Å²) in [5.41, 5.74) is 0. The number of imidazole rings is 1. The molecule has 86 valence electrons. The second-order valence-electron chi connectivity index (χ2n) is 3.92. The third-order valence-corrected chi connectivity index (χ3v) is 2.60. The number of aromatic nitrogens is 2. The molecule has 0 aliphatic rings. The summed E-state index contributed by atoms with van der Waals surface area (Å²) in [6.07, 6.45) is 3.82. The normalized spacial score (nSPS) is 11.6. The maximum absolute atomic E-state index is 8.97. The number of nitrogens with zero attached hydrogens (tertiary/aromatic N) is 3. The van der Waals surface area contributed by atoms with Crippen LogP contribution in [0.25, 0.3) is 0 Å². The van der Waals surface area contributed by atoms with Crippen molar-refractivity contribution in [3.05, 3.63) is 18.2 Å². The SMILES string of the molecule is CCn1ccnc1CN(CCO)C(C)C. The van der Waals surface area contributed by atoms with Crippen molar-refractivity contribution in [3.8, 4) is 0 Å². The standard InChI is InChI=1S/C11H21N3O/c1-4-13-6-5-12-11(13)9-14(7-8-15)10(2)3/h5-6,10,15H,4,7-9H2,1-3H3. The molecule has 0 amide bonds. The fraction of sp³-hybridized carbons (Fsp3) is 0.727. The zero-order valence-electron chi connectivity index (χ0n) is 9.85. The summed E-state index contributed by atoms with van der Waals surface area (Å²) in [6, 6.07) is 0.430. The van der Waals surface area contributed by atoms with Crippen LogP contribution in [0.5, 0.6) is 0 Å². The number of aliphatic hydroxyl groups excluding tert-OH is 1. The maximum Gasteiger partial charge on any atom is 0.122 e. The van der Waals surface area contributed by atoms with Crippen molar-refractivity contribution in [2.75, 3.05) is 13.2 Å². The minimum absolute atomic E-state index is 0.199. The van der Waals surface area contributed by atoms with Crippen LogP contribution in [0.2, 0.25) is 0 Å². The highest BCUT2D eigenvalue weighted by molar-refractivity contribution is 4.92. The minimum atomic E-state index is 0.199. The molecular weight excluding hydrogens is 190 g/mol. The van der Waals surface area contributed by atoms with E-state index in [1.807, 2.05) is 12.4 Å². The largest absolute Gasteiger partial charge is 0.395 e. The summed E-state index contributed by atoms with van der Waals surface area (Å²) < 4.78 is 2.13. The molecule has 0 fully saturated rings. The quantitative estimate of drug-likeness (QED) is 0.766. The summed E-state index contributed by atoms with van der Waals surface area (Å²) in [4.78, 5) is 6.55. The molecule has 4 nitrogen and oxygen atoms in total. The van der Waals surface area contributed by atoms with E-state index in [9.17, 15) is 0 Å². The Morgan fingerprint density at radius 1 is 1.53 bits per heavy atom. The van der Waals surface area contributed by atoms with Gasteiger partial charge in [0.25, 0.3) is 0 Å². The Morgan fingerprint density at radius 3 is 2.80 bits per heavy atom. The van der Waals surface area contributed by atoms with Crippen molar-refractivity contribution in [1.29, 1.82) is 0 Å². The zero-order valence-corrected chi connectivity index (χ0v) is 9.85. The highest BCUT2D eigenvalue weighted by atomic mass is 16.3. The van der Waals surface area contributed by atoms with E-state index < -0.39 is 0 Å². The molecule has 1 aromatic heterocycles. The van der Waals surface area contributed by atoms with Crippen LogP contribution >= 0.6 is 0 Å². The molecule has 1 rings (SSSR count). The molecule has 0 aliphatic carbocycles. The number of aryl methyl sites for hydroxylation is 1. The first-order valence-corrected chi connectivity index (χ1v) is 5.54. The van der Waals surface area contributed by atoms with Gasteiger partial charge in [0.15, 0.2) is 0 Å². The van der Waals surface area contributed by atoms with Gasteiger partial charge < -0.3 is 9.67 Å². The van der Waals surface area contributed by atoms with Crippen LogP contribution in [0, 0.1) is 0 Å². The Hall–Kier alpha value is -0.870. The number of aliphatic hydroxyl groups is 1. The van der Waals surface area contributed by atoms with E-state index >= 15 is 0 Å². The van der Waals surface area contributed by atoms with Gasteiger partial charge >= 0.3 is 0 Å². The fourth-order valence-corrected chi connectivity index (χ4v) is 1.61. The van der Waals surface area contributed by atoms with E-state index in [2.05, 4.69) is 35.2 Å². The van der Waals surface area contributed by atoms with Crippen LogP contribution in [0.3, 0.4) is 0 Å². The summed E-state index contributed by atoms with van der Waals surface area (Å²) in [7, 11) is 0. The van der Waals surface area contributed by atoms with Crippen LogP contribution in [0.1, 0.15) is 26.6 Å². The second kappa shape index (κ2) is 5.88. The van der Waals surface area contributed by atoms with E-state index in [-0.39, 0.29) is 6.61 Å². The minimum Gasteiger partial charge on any atom is -0.395 e. The van der Waals surface area contributed by atoms with Crippen molar-refractivity contribution in [1.82, 2.24) is 14.5 Å². The molecule has 0 atom stereocenters. The van der Waals surface area contributed by atoms with Crippen LogP contribution in [-0.4, -0.2) is 38.8 Å². The predicted octanol–water partition coefficient (Wildman–Crippen LogP) is 1.11. The lowest BCUT2D eigenvalue weighted by molar-refractivity contribution is 0.155. The molecule has 0 spiro atoms. The second-order valence-corrected chi connectivity index (χ2v) is 3.92. The maximum atomic E-state index is 8.97. The molecule has 1 heterocycles. The smallest absolute Gasteiger partial charge is 0.122 e. The van der Waals surface area contributed by atoms with E-state index in [4.69, 9.17) is 5.11 Å². The van der Waals surface area contributed by atoms with Crippen molar-refractivity contribution < 1.29 is 5.11 Å². The molecule has 0 saturated carbocycles. The Kier molecular flexibility index (Phi) is 4.78. The highest BCUT2D eigenvalue weighted by Crippen LogP contribution is 2.06. The first kappa shape index (κ1) is 12.2. The van der Waals surface area contributed by atoms with Gasteiger partial charge in [0.1, 0.15) is 5.82 Å². The first-order chi connectivity index (χ1) is 7.19. The topological polar surface area (TPSA) is 41.3 Å². The number of hydrogen-bond donors (Lipinski definition) is 1. The third-order valence-electron chi connectivity index (χ3n) is 2.60. The van der Waals surface area contributed by atoms with Crippen molar-refractivity contribution in [2.24, 2.45) is 0 Å². The van der Waals surface area contributed by atoms with Gasteiger partial charge in [-0.15, -0.1) is 0 Å². The van der Waals surface area contributed by atoms with Gasteiger partial charge in [0.2, 0.25) is 0 Å². The Balaban J connectivity index is 2.65. The molecule has 0 unspecified atom stereocenters. The van der Waals surface area contributed by atoms with E-state index in [0.717, 1.165) is 18.9 Å². The summed E-state index contributed by atoms with van der Waals surface area (Å²) in [6.45, 7) is 9.03. The molecule has 4 heteroatoms. The first-order valence-electron chi connectivity index (χ1n) is 5.54. The Morgan fingerprint density at radius 2 is 2.27 bits per heavy atom. The van der Waals surface area contributed by atoms with Crippen LogP contribution in [-0.2, 0) is 13.1 Å². The van der Waals surface area contributed by atoms with Crippen molar-refractivity contribution in [3.63, 3.8) is 0 Å². The van der Waals surface area contributed by atoms with E-state index in [0.29, 0.717) is 12.6 Å². The van der Waals surface area contributed by atoms with Crippen LogP contribution < -0.4 is 0 Å². The van der Waals surface area contributed by atoms with Gasteiger partial charge in [-0.25, -0.2) is 4.98 Å². The lowest BCUT2D eigenvalue weighted by Crippen LogP contribution is -2.33. The molecule has 15 heavy (non-hydrogen) atoms. The zero-order chi connectivity index (χ0) is 11.3. The van der Waals surface area contributed by atoms with Gasteiger partial charge in [-0.05, 0) is 20.8 Å². The lowest BCUT2D eigenvalue weighted by Gasteiger charge is -2.25. The van der Waals surface area contributed by atoms with Gasteiger partial charge in [-0.2, -0.15) is 0 Å². The Labute approximate surface area is 91.5 Å². The molecule has 1 N–H and O–H groups in total. The Bertz CT molecular complexity index is 283. The van der Waals surface area contributed by atoms with Crippen molar-refractivity contribution in [2.45, 2.75) is 39.9 Å². The molecule has 0 bridgehead atoms. The summed E-state index contributed by atoms with van der Waals surface area (Å²) in [5.74, 6) is 1.07. The summed E-state index contributed by atoms with van der Waals surface area (Å²) in [5, 5.41) is 8.97. The molecule has 1 aromatic rings. The highest BCUT2D eigenvalue weighted by Gasteiger charge is 2.12. The lowest BCUT2D eigenvalue weighted by atomic mass is 10.3. The van der Waals surface area contributed by atoms with Gasteiger partial charge in [-0.3, -0.25) is 4.90 Å². The molecule has 0 aliphatic heterocycles. The third kappa shape index (κ3) is 3.32. The number of hydrogen-bond acceptors (Lipinski definition) is 3. The van der Waals surface area contributed by atoms with Crippen molar-refractivity contribution >= 4 is 0 Å². The van der Waals surface area contributed by atoms with Gasteiger partial charge in [-0.1, -0.05) is 0 Å². The molecular formula is C11H21N3O. The van der Waals surface area contributed by atoms with E-state index in [1.54, 1.807) is 0 Å². The average Bonchev–Trinajstić information content (AvgIpc) is 2.64. The average molecular weight is 211 g/mol. The monoisotopic (exact) mass is 211 g/mol. The van der Waals surface area contributed by atoms with Crippen LogP contribution in [0.4, 0.5) is 0 Å². The van der Waals surface area contributed by atoms with E-state index in [1.165, 1.54) is 0 Å². The molecule has 0 saturated heterocycles. The molecule has 0 radical (unpaired) electrons. The fourth-order valence-electron chi connectivity index (χ4n) is 1.61. The van der Waals surface area contributed by atoms with Crippen LogP contribution in [0.15, 0.2) is 12.4 Å².